The Morgan fingerprint density at radius 3 is 2.40 bits per heavy atom. The highest BCUT2D eigenvalue weighted by Crippen LogP contribution is 2.27. The van der Waals surface area contributed by atoms with E-state index in [-0.39, 0.29) is 22.8 Å². The van der Waals surface area contributed by atoms with Gasteiger partial charge in [0, 0.05) is 17.3 Å². The highest BCUT2D eigenvalue weighted by atomic mass is 32.2. The number of amides is 1. The Hall–Kier alpha value is -2.98. The van der Waals surface area contributed by atoms with Crippen LogP contribution in [0.5, 0.6) is 5.75 Å². The normalized spacial score (nSPS) is 11.0. The number of sulfonamides is 1. The SMILES string of the molecule is COc1ccc(C(=O)Nc2ccc(CS(N)(=O)=O)cc2)cc1[N+](=O)[O-]. The van der Waals surface area contributed by atoms with E-state index in [2.05, 4.69) is 5.32 Å². The van der Waals surface area contributed by atoms with Crippen molar-refractivity contribution >= 4 is 27.3 Å². The second-order valence-electron chi connectivity index (χ2n) is 5.10. The van der Waals surface area contributed by atoms with Gasteiger partial charge in [0.15, 0.2) is 5.75 Å². The van der Waals surface area contributed by atoms with Gasteiger partial charge < -0.3 is 10.1 Å². The molecule has 0 fully saturated rings. The maximum absolute atomic E-state index is 12.2. The molecule has 25 heavy (non-hydrogen) atoms. The fourth-order valence-electron chi connectivity index (χ4n) is 2.09. The van der Waals surface area contributed by atoms with Gasteiger partial charge in [-0.1, -0.05) is 12.1 Å². The molecule has 0 spiro atoms. The number of nitro groups is 1. The van der Waals surface area contributed by atoms with Crippen LogP contribution < -0.4 is 15.2 Å². The summed E-state index contributed by atoms with van der Waals surface area (Å²) in [5.41, 5.74) is 0.641. The molecule has 0 bridgehead atoms. The predicted octanol–water partition coefficient (Wildman–Crippen LogP) is 1.64. The number of anilines is 1. The lowest BCUT2D eigenvalue weighted by Gasteiger charge is -2.08. The van der Waals surface area contributed by atoms with Crippen molar-refractivity contribution in [2.75, 3.05) is 12.4 Å². The number of nitro benzene ring substituents is 1. The van der Waals surface area contributed by atoms with Crippen LogP contribution in [0.15, 0.2) is 42.5 Å². The number of hydrogen-bond donors (Lipinski definition) is 2. The molecule has 0 aliphatic carbocycles. The van der Waals surface area contributed by atoms with E-state index in [1.165, 1.54) is 43.5 Å². The van der Waals surface area contributed by atoms with E-state index in [1.54, 1.807) is 0 Å². The zero-order valence-electron chi connectivity index (χ0n) is 13.1. The van der Waals surface area contributed by atoms with Crippen LogP contribution in [0.25, 0.3) is 0 Å². The number of carbonyl (C=O) groups is 1. The zero-order valence-corrected chi connectivity index (χ0v) is 13.9. The van der Waals surface area contributed by atoms with Gasteiger partial charge in [0.05, 0.1) is 17.8 Å². The number of nitrogens with one attached hydrogen (secondary N) is 1. The van der Waals surface area contributed by atoms with Gasteiger partial charge in [-0.2, -0.15) is 0 Å². The summed E-state index contributed by atoms with van der Waals surface area (Å²) in [5, 5.41) is 18.5. The van der Waals surface area contributed by atoms with Crippen molar-refractivity contribution in [2.24, 2.45) is 5.14 Å². The first kappa shape index (κ1) is 18.4. The smallest absolute Gasteiger partial charge is 0.311 e. The molecule has 2 aromatic rings. The molecule has 1 amide bonds. The lowest BCUT2D eigenvalue weighted by Crippen LogP contribution is -2.15. The van der Waals surface area contributed by atoms with Crippen LogP contribution in [0.1, 0.15) is 15.9 Å². The number of rotatable bonds is 6. The van der Waals surface area contributed by atoms with Crippen molar-refractivity contribution < 1.29 is 22.9 Å². The Labute approximate surface area is 143 Å². The molecule has 0 aromatic heterocycles. The Balaban J connectivity index is 2.17. The van der Waals surface area contributed by atoms with E-state index >= 15 is 0 Å². The minimum absolute atomic E-state index is 0.0499. The number of ether oxygens (including phenoxy) is 1. The Kier molecular flexibility index (Phi) is 5.35. The van der Waals surface area contributed by atoms with E-state index in [4.69, 9.17) is 9.88 Å². The summed E-state index contributed by atoms with van der Waals surface area (Å²) in [6.07, 6.45) is 0. The second kappa shape index (κ2) is 7.28. The molecule has 0 aliphatic rings. The summed E-state index contributed by atoms with van der Waals surface area (Å²) in [6, 6.07) is 9.89. The third kappa shape index (κ3) is 4.99. The lowest BCUT2D eigenvalue weighted by molar-refractivity contribution is -0.385. The average Bonchev–Trinajstić information content (AvgIpc) is 2.54. The molecule has 3 N–H and O–H groups in total. The average molecular weight is 365 g/mol. The standard InChI is InChI=1S/C15H15N3O6S/c1-24-14-7-4-11(8-13(14)18(20)21)15(19)17-12-5-2-10(3-6-12)9-25(16,22)23/h2-8H,9H2,1H3,(H,17,19)(H2,16,22,23). The maximum Gasteiger partial charge on any atom is 0.311 e. The van der Waals surface area contributed by atoms with Gasteiger partial charge in [-0.05, 0) is 29.8 Å². The van der Waals surface area contributed by atoms with Crippen molar-refractivity contribution in [3.63, 3.8) is 0 Å². The molecule has 0 saturated heterocycles. The van der Waals surface area contributed by atoms with Gasteiger partial charge >= 0.3 is 5.69 Å². The van der Waals surface area contributed by atoms with Crippen molar-refractivity contribution in [3.8, 4) is 5.75 Å². The van der Waals surface area contributed by atoms with Crippen LogP contribution in [0.3, 0.4) is 0 Å². The molecular formula is C15H15N3O6S. The highest BCUT2D eigenvalue weighted by Gasteiger charge is 2.18. The van der Waals surface area contributed by atoms with E-state index < -0.39 is 20.9 Å². The lowest BCUT2D eigenvalue weighted by atomic mass is 10.1. The molecule has 132 valence electrons. The number of hydrogen-bond acceptors (Lipinski definition) is 6. The number of carbonyl (C=O) groups excluding carboxylic acids is 1. The second-order valence-corrected chi connectivity index (χ2v) is 6.72. The quantitative estimate of drug-likeness (QED) is 0.589. The first-order chi connectivity index (χ1) is 11.7. The fourth-order valence-corrected chi connectivity index (χ4v) is 2.75. The van der Waals surface area contributed by atoms with Crippen molar-refractivity contribution in [1.82, 2.24) is 0 Å². The molecule has 10 heteroatoms. The Bertz CT molecular complexity index is 909. The summed E-state index contributed by atoms with van der Waals surface area (Å²) in [6.45, 7) is 0. The van der Waals surface area contributed by atoms with Gasteiger partial charge in [-0.25, -0.2) is 13.6 Å². The van der Waals surface area contributed by atoms with Crippen molar-refractivity contribution in [3.05, 3.63) is 63.7 Å². The van der Waals surface area contributed by atoms with Crippen LogP contribution in [0.2, 0.25) is 0 Å². The Morgan fingerprint density at radius 1 is 1.24 bits per heavy atom. The van der Waals surface area contributed by atoms with E-state index in [9.17, 15) is 23.3 Å². The number of methoxy groups -OCH3 is 1. The van der Waals surface area contributed by atoms with Crippen molar-refractivity contribution in [2.45, 2.75) is 5.75 Å². The highest BCUT2D eigenvalue weighted by molar-refractivity contribution is 7.88. The molecule has 2 aromatic carbocycles. The third-order valence-corrected chi connectivity index (χ3v) is 3.95. The summed E-state index contributed by atoms with van der Waals surface area (Å²) >= 11 is 0. The maximum atomic E-state index is 12.2. The molecule has 0 heterocycles. The van der Waals surface area contributed by atoms with Gasteiger partial charge in [-0.3, -0.25) is 14.9 Å². The molecule has 0 saturated carbocycles. The minimum atomic E-state index is -3.64. The monoisotopic (exact) mass is 365 g/mol. The first-order valence-corrected chi connectivity index (χ1v) is 8.64. The molecule has 0 unspecified atom stereocenters. The minimum Gasteiger partial charge on any atom is -0.490 e. The van der Waals surface area contributed by atoms with Crippen molar-refractivity contribution in [1.29, 1.82) is 0 Å². The predicted molar refractivity (Wildman–Crippen MR) is 90.9 cm³/mol. The molecular weight excluding hydrogens is 350 g/mol. The van der Waals surface area contributed by atoms with Gasteiger partial charge in [-0.15, -0.1) is 0 Å². The summed E-state index contributed by atoms with van der Waals surface area (Å²) < 4.78 is 26.9. The molecule has 0 aliphatic heterocycles. The molecule has 0 atom stereocenters. The first-order valence-electron chi connectivity index (χ1n) is 6.93. The van der Waals surface area contributed by atoms with Crippen LogP contribution >= 0.6 is 0 Å². The zero-order chi connectivity index (χ0) is 18.6. The third-order valence-electron chi connectivity index (χ3n) is 3.22. The van der Waals surface area contributed by atoms with E-state index in [1.807, 2.05) is 0 Å². The van der Waals surface area contributed by atoms with E-state index in [0.717, 1.165) is 6.07 Å². The fraction of sp³-hybridized carbons (Fsp3) is 0.133. The van der Waals surface area contributed by atoms with Gasteiger partial charge in [0.2, 0.25) is 10.0 Å². The molecule has 9 nitrogen and oxygen atoms in total. The number of nitrogens with zero attached hydrogens (tertiary/aromatic N) is 1. The number of benzene rings is 2. The van der Waals surface area contributed by atoms with Crippen LogP contribution in [-0.2, 0) is 15.8 Å². The number of primary sulfonamides is 1. The van der Waals surface area contributed by atoms with Gasteiger partial charge in [0.25, 0.3) is 5.91 Å². The Morgan fingerprint density at radius 2 is 1.88 bits per heavy atom. The summed E-state index contributed by atoms with van der Waals surface area (Å²) in [5.74, 6) is -0.815. The van der Waals surface area contributed by atoms with Crippen LogP contribution in [0, 0.1) is 10.1 Å². The van der Waals surface area contributed by atoms with Crippen LogP contribution in [0.4, 0.5) is 11.4 Å². The molecule has 2 rings (SSSR count). The van der Waals surface area contributed by atoms with Gasteiger partial charge in [0.1, 0.15) is 0 Å². The van der Waals surface area contributed by atoms with Crippen LogP contribution in [-0.4, -0.2) is 26.4 Å². The summed E-state index contributed by atoms with van der Waals surface area (Å²) in [7, 11) is -2.34. The summed E-state index contributed by atoms with van der Waals surface area (Å²) in [4.78, 5) is 22.6. The van der Waals surface area contributed by atoms with E-state index in [0.29, 0.717) is 11.3 Å². The topological polar surface area (TPSA) is 142 Å². The molecule has 0 radical (unpaired) electrons. The number of nitrogens with two attached hydrogens (primary N) is 1. The largest absolute Gasteiger partial charge is 0.490 e.